The molecule has 3 N–H and O–H groups in total. The van der Waals surface area contributed by atoms with Crippen molar-refractivity contribution in [2.45, 2.75) is 75.7 Å². The first-order valence-electron chi connectivity index (χ1n) is 12.6. The lowest BCUT2D eigenvalue weighted by Gasteiger charge is -2.56. The van der Waals surface area contributed by atoms with Crippen LogP contribution in [-0.4, -0.2) is 46.3 Å². The van der Waals surface area contributed by atoms with E-state index in [0.29, 0.717) is 54.0 Å². The lowest BCUT2D eigenvalue weighted by Crippen LogP contribution is -2.63. The van der Waals surface area contributed by atoms with Crippen molar-refractivity contribution >= 4 is 23.3 Å². The molecule has 1 aliphatic heterocycles. The molecular formula is C28H31ClFNO6. The Morgan fingerprint density at radius 1 is 1.16 bits per heavy atom. The molecule has 0 unspecified atom stereocenters. The number of halogens is 2. The lowest BCUT2D eigenvalue weighted by molar-refractivity contribution is -0.146. The highest BCUT2D eigenvalue weighted by Gasteiger charge is 2.55. The fraction of sp³-hybridized carbons (Fsp3) is 0.500. The number of carbonyl (C=O) groups excluding carboxylic acids is 2. The van der Waals surface area contributed by atoms with Crippen molar-refractivity contribution < 1.29 is 33.7 Å². The van der Waals surface area contributed by atoms with Crippen molar-refractivity contribution in [3.8, 4) is 11.5 Å². The van der Waals surface area contributed by atoms with E-state index < -0.39 is 35.1 Å². The van der Waals surface area contributed by atoms with Crippen molar-refractivity contribution in [3.05, 3.63) is 58.4 Å². The highest BCUT2D eigenvalue weighted by atomic mass is 35.5. The number of amides is 1. The quantitative estimate of drug-likeness (QED) is 0.495. The Hall–Kier alpha value is -2.68. The fourth-order valence-corrected chi connectivity index (χ4v) is 6.22. The summed E-state index contributed by atoms with van der Waals surface area (Å²) in [5.74, 6) is -0.143. The maximum atomic E-state index is 13.7. The topological polar surface area (TPSA) is 105 Å². The van der Waals surface area contributed by atoms with Crippen LogP contribution in [0.25, 0.3) is 0 Å². The van der Waals surface area contributed by atoms with Gasteiger partial charge in [0.05, 0.1) is 12.2 Å². The molecule has 4 aliphatic rings. The molecule has 2 aromatic carbocycles. The van der Waals surface area contributed by atoms with E-state index in [1.807, 2.05) is 0 Å². The number of hydrogen-bond donors (Lipinski definition) is 3. The van der Waals surface area contributed by atoms with Gasteiger partial charge in [-0.05, 0) is 68.9 Å². The Balaban J connectivity index is 1.17. The summed E-state index contributed by atoms with van der Waals surface area (Å²) in [5.41, 5.74) is -0.0633. The molecule has 3 saturated carbocycles. The molecule has 7 nitrogen and oxygen atoms in total. The maximum Gasteiger partial charge on any atom is 0.258 e. The number of benzene rings is 2. The monoisotopic (exact) mass is 531 g/mol. The summed E-state index contributed by atoms with van der Waals surface area (Å²) < 4.78 is 25.1. The van der Waals surface area contributed by atoms with Crippen molar-refractivity contribution in [1.29, 1.82) is 0 Å². The minimum absolute atomic E-state index is 0.142. The van der Waals surface area contributed by atoms with Gasteiger partial charge < -0.3 is 25.0 Å². The average Bonchev–Trinajstić information content (AvgIpc) is 2.86. The molecule has 1 heterocycles. The van der Waals surface area contributed by atoms with Gasteiger partial charge >= 0.3 is 0 Å². The van der Waals surface area contributed by atoms with Gasteiger partial charge in [-0.25, -0.2) is 4.39 Å². The zero-order valence-electron chi connectivity index (χ0n) is 20.6. The number of nitrogens with one attached hydrogen (secondary N) is 1. The summed E-state index contributed by atoms with van der Waals surface area (Å²) in [6.07, 6.45) is 0.698. The molecule has 0 radical (unpaired) electrons. The number of aryl methyl sites for hydroxylation is 1. The fourth-order valence-electron chi connectivity index (χ4n) is 6.04. The molecule has 2 aromatic rings. The van der Waals surface area contributed by atoms with E-state index >= 15 is 0 Å². The van der Waals surface area contributed by atoms with E-state index in [1.54, 1.807) is 37.3 Å². The molecule has 2 bridgehead atoms. The predicted molar refractivity (Wildman–Crippen MR) is 134 cm³/mol. The second-order valence-corrected chi connectivity index (χ2v) is 11.2. The summed E-state index contributed by atoms with van der Waals surface area (Å²) in [7, 11) is 0. The number of fused-ring (bicyclic) bond motifs is 4. The number of rotatable bonds is 7. The van der Waals surface area contributed by atoms with Crippen LogP contribution < -0.4 is 14.8 Å². The molecule has 0 aromatic heterocycles. The summed E-state index contributed by atoms with van der Waals surface area (Å²) >= 11 is 6.02. The number of carbonyl (C=O) groups is 2. The van der Waals surface area contributed by atoms with Crippen molar-refractivity contribution in [1.82, 2.24) is 5.32 Å². The number of hydrogen-bond acceptors (Lipinski definition) is 6. The highest BCUT2D eigenvalue weighted by molar-refractivity contribution is 6.30. The maximum absolute atomic E-state index is 13.7. The standard InChI is InChI=1S/C28H31ClFNO6/c1-16-2-4-18(11-20(16)30)36-15-26(35)31-28-8-6-27(7-9-28,25(34)14-28)13-22(33)24-12-21(32)19-10-17(29)3-5-23(19)37-24/h2-5,10-11,21,24-25,32,34H,6-9,12-15H2,1H3,(H,31,35)/t21-,24-,25-,27?,28?/m0/s1. The number of ether oxygens (including phenoxy) is 2. The van der Waals surface area contributed by atoms with E-state index in [-0.39, 0.29) is 36.9 Å². The molecule has 198 valence electrons. The van der Waals surface area contributed by atoms with E-state index in [0.717, 1.165) is 0 Å². The van der Waals surface area contributed by atoms with E-state index in [4.69, 9.17) is 21.1 Å². The Kier molecular flexibility index (Phi) is 6.94. The zero-order valence-corrected chi connectivity index (χ0v) is 21.4. The van der Waals surface area contributed by atoms with Crippen molar-refractivity contribution in [2.24, 2.45) is 5.41 Å². The molecule has 0 saturated heterocycles. The van der Waals surface area contributed by atoms with E-state index in [2.05, 4.69) is 5.32 Å². The molecular weight excluding hydrogens is 501 g/mol. The minimum Gasteiger partial charge on any atom is -0.484 e. The van der Waals surface area contributed by atoms with Gasteiger partial charge in [-0.15, -0.1) is 0 Å². The summed E-state index contributed by atoms with van der Waals surface area (Å²) in [5, 5.41) is 25.2. The van der Waals surface area contributed by atoms with Crippen LogP contribution in [0.2, 0.25) is 5.02 Å². The molecule has 0 spiro atoms. The molecule has 1 amide bonds. The molecule has 9 heteroatoms. The van der Waals surface area contributed by atoms with Gasteiger partial charge in [-0.3, -0.25) is 9.59 Å². The van der Waals surface area contributed by atoms with E-state index in [9.17, 15) is 24.2 Å². The zero-order chi connectivity index (χ0) is 26.4. The lowest BCUT2D eigenvalue weighted by atomic mass is 9.54. The van der Waals surface area contributed by atoms with Gasteiger partial charge in [-0.1, -0.05) is 17.7 Å². The first-order valence-corrected chi connectivity index (χ1v) is 13.0. The van der Waals surface area contributed by atoms with Crippen LogP contribution >= 0.6 is 11.6 Å². The minimum atomic E-state index is -0.849. The number of ketones is 1. The van der Waals surface area contributed by atoms with Crippen LogP contribution in [0.4, 0.5) is 4.39 Å². The third-order valence-corrected chi connectivity index (χ3v) is 8.57. The van der Waals surface area contributed by atoms with E-state index in [1.165, 1.54) is 6.07 Å². The Bertz CT molecular complexity index is 1210. The first kappa shape index (κ1) is 25.9. The van der Waals surface area contributed by atoms with Gasteiger partial charge in [0, 0.05) is 40.4 Å². The molecule has 37 heavy (non-hydrogen) atoms. The summed E-state index contributed by atoms with van der Waals surface area (Å²) in [4.78, 5) is 25.9. The van der Waals surface area contributed by atoms with Crippen LogP contribution in [0, 0.1) is 18.2 Å². The average molecular weight is 532 g/mol. The van der Waals surface area contributed by atoms with Gasteiger partial charge in [0.15, 0.2) is 18.5 Å². The normalized spacial score (nSPS) is 30.2. The largest absolute Gasteiger partial charge is 0.484 e. The first-order chi connectivity index (χ1) is 17.6. The van der Waals surface area contributed by atoms with Crippen molar-refractivity contribution in [2.75, 3.05) is 6.61 Å². The Labute approximate surface area is 219 Å². The molecule has 3 fully saturated rings. The number of Topliss-reactive ketones (excluding diaryl/α,β-unsaturated/α-hetero) is 1. The summed E-state index contributed by atoms with van der Waals surface area (Å²) in [6.45, 7) is 1.40. The number of aliphatic hydroxyl groups is 2. The van der Waals surface area contributed by atoms with Crippen LogP contribution in [0.5, 0.6) is 11.5 Å². The SMILES string of the molecule is Cc1ccc(OCC(=O)NC23CCC(CC(=O)[C@@H]4C[C@H](O)c5cc(Cl)ccc5O4)(CC2)[C@@H](O)C3)cc1F. The van der Waals surface area contributed by atoms with Gasteiger partial charge in [0.25, 0.3) is 5.91 Å². The van der Waals surface area contributed by atoms with Crippen LogP contribution in [0.3, 0.4) is 0 Å². The highest BCUT2D eigenvalue weighted by Crippen LogP contribution is 2.54. The Morgan fingerprint density at radius 2 is 1.92 bits per heavy atom. The molecule has 3 aliphatic carbocycles. The van der Waals surface area contributed by atoms with Gasteiger partial charge in [0.2, 0.25) is 0 Å². The van der Waals surface area contributed by atoms with Gasteiger partial charge in [0.1, 0.15) is 17.3 Å². The van der Waals surface area contributed by atoms with Crippen LogP contribution in [-0.2, 0) is 9.59 Å². The second-order valence-electron chi connectivity index (χ2n) is 10.8. The predicted octanol–water partition coefficient (Wildman–Crippen LogP) is 4.19. The smallest absolute Gasteiger partial charge is 0.258 e. The van der Waals surface area contributed by atoms with Gasteiger partial charge in [-0.2, -0.15) is 0 Å². The van der Waals surface area contributed by atoms with Crippen molar-refractivity contribution in [3.63, 3.8) is 0 Å². The third-order valence-electron chi connectivity index (χ3n) is 8.33. The molecule has 3 atom stereocenters. The Morgan fingerprint density at radius 3 is 2.62 bits per heavy atom. The van der Waals surface area contributed by atoms with Crippen LogP contribution in [0.15, 0.2) is 36.4 Å². The van der Waals surface area contributed by atoms with Crippen LogP contribution in [0.1, 0.15) is 62.2 Å². The summed E-state index contributed by atoms with van der Waals surface area (Å²) in [6, 6.07) is 9.41. The molecule has 6 rings (SSSR count). The second kappa shape index (κ2) is 9.89. The third kappa shape index (κ3) is 5.19. The number of aliphatic hydroxyl groups excluding tert-OH is 2.